The predicted octanol–water partition coefficient (Wildman–Crippen LogP) is 4.40. The van der Waals surface area contributed by atoms with Crippen molar-refractivity contribution < 1.29 is 9.59 Å². The molecule has 3 rings (SSSR count). The first-order valence-electron chi connectivity index (χ1n) is 9.74. The number of hydrogen-bond acceptors (Lipinski definition) is 4. The van der Waals surface area contributed by atoms with Gasteiger partial charge in [0.2, 0.25) is 5.91 Å². The van der Waals surface area contributed by atoms with Gasteiger partial charge in [0.25, 0.3) is 5.91 Å². The Morgan fingerprint density at radius 2 is 1.62 bits per heavy atom. The lowest BCUT2D eigenvalue weighted by Gasteiger charge is -2.21. The van der Waals surface area contributed by atoms with Gasteiger partial charge in [-0.05, 0) is 17.5 Å². The summed E-state index contributed by atoms with van der Waals surface area (Å²) in [6.07, 6.45) is 1.30. The van der Waals surface area contributed by atoms with Crippen molar-refractivity contribution in [3.63, 3.8) is 0 Å². The molecule has 0 unspecified atom stereocenters. The molecule has 29 heavy (non-hydrogen) atoms. The van der Waals surface area contributed by atoms with Crippen LogP contribution in [0.2, 0.25) is 0 Å². The minimum Gasteiger partial charge on any atom is -0.347 e. The summed E-state index contributed by atoms with van der Waals surface area (Å²) < 4.78 is 0. The summed E-state index contributed by atoms with van der Waals surface area (Å²) in [6.45, 7) is 3.40. The number of carbonyl (C=O) groups excluding carboxylic acids is 2. The van der Waals surface area contributed by atoms with Crippen LogP contribution in [0.15, 0.2) is 66.0 Å². The van der Waals surface area contributed by atoms with E-state index in [2.05, 4.69) is 10.3 Å². The molecule has 0 spiro atoms. The molecule has 2 amide bonds. The Morgan fingerprint density at radius 1 is 0.966 bits per heavy atom. The third kappa shape index (κ3) is 6.26. The van der Waals surface area contributed by atoms with Crippen molar-refractivity contribution in [3.05, 3.63) is 87.9 Å². The zero-order valence-electron chi connectivity index (χ0n) is 16.5. The molecule has 1 heterocycles. The molecule has 0 saturated heterocycles. The van der Waals surface area contributed by atoms with E-state index in [4.69, 9.17) is 0 Å². The molecule has 0 aliphatic carbocycles. The van der Waals surface area contributed by atoms with Crippen LogP contribution >= 0.6 is 11.3 Å². The lowest BCUT2D eigenvalue weighted by Crippen LogP contribution is -2.30. The van der Waals surface area contributed by atoms with Gasteiger partial charge in [-0.3, -0.25) is 9.59 Å². The third-order valence-corrected chi connectivity index (χ3v) is 5.27. The highest BCUT2D eigenvalue weighted by atomic mass is 32.1. The number of nitrogens with zero attached hydrogens (tertiary/aromatic N) is 2. The van der Waals surface area contributed by atoms with Gasteiger partial charge in [0.15, 0.2) is 0 Å². The van der Waals surface area contributed by atoms with E-state index >= 15 is 0 Å². The number of hydrogen-bond donors (Lipinski definition) is 1. The lowest BCUT2D eigenvalue weighted by atomic mass is 10.2. The summed E-state index contributed by atoms with van der Waals surface area (Å²) in [5.41, 5.74) is 2.51. The molecule has 2 aromatic carbocycles. The second-order valence-corrected chi connectivity index (χ2v) is 7.72. The van der Waals surface area contributed by atoms with Gasteiger partial charge in [-0.2, -0.15) is 0 Å². The first kappa shape index (κ1) is 20.7. The predicted molar refractivity (Wildman–Crippen MR) is 115 cm³/mol. The van der Waals surface area contributed by atoms with Crippen molar-refractivity contribution in [2.24, 2.45) is 0 Å². The highest BCUT2D eigenvalue weighted by molar-refractivity contribution is 7.09. The number of carbonyl (C=O) groups is 2. The van der Waals surface area contributed by atoms with Crippen LogP contribution in [0.25, 0.3) is 0 Å². The number of aromatic nitrogens is 1. The van der Waals surface area contributed by atoms with E-state index in [9.17, 15) is 9.59 Å². The first-order valence-corrected chi connectivity index (χ1v) is 10.6. The van der Waals surface area contributed by atoms with Crippen molar-refractivity contribution in [1.82, 2.24) is 15.2 Å². The Kier molecular flexibility index (Phi) is 7.53. The van der Waals surface area contributed by atoms with Crippen molar-refractivity contribution in [2.75, 3.05) is 0 Å². The summed E-state index contributed by atoms with van der Waals surface area (Å²) in [4.78, 5) is 31.2. The first-order chi connectivity index (χ1) is 14.2. The van der Waals surface area contributed by atoms with E-state index in [-0.39, 0.29) is 11.8 Å². The molecule has 0 saturated carbocycles. The number of rotatable bonds is 9. The molecular formula is C23H25N3O2S. The van der Waals surface area contributed by atoms with Crippen LogP contribution in [-0.2, 0) is 24.4 Å². The fraction of sp³-hybridized carbons (Fsp3) is 0.261. The Labute approximate surface area is 175 Å². The van der Waals surface area contributed by atoms with Gasteiger partial charge in [-0.15, -0.1) is 11.3 Å². The molecule has 150 valence electrons. The minimum absolute atomic E-state index is 0.0987. The monoisotopic (exact) mass is 407 g/mol. The van der Waals surface area contributed by atoms with Gasteiger partial charge in [-0.1, -0.05) is 67.6 Å². The topological polar surface area (TPSA) is 62.3 Å². The minimum atomic E-state index is -0.203. The molecule has 1 aromatic heterocycles. The molecule has 5 nitrogen and oxygen atoms in total. The highest BCUT2D eigenvalue weighted by Crippen LogP contribution is 2.16. The van der Waals surface area contributed by atoms with Gasteiger partial charge in [0.05, 0.1) is 6.54 Å². The molecule has 1 N–H and O–H groups in total. The van der Waals surface area contributed by atoms with Crippen LogP contribution in [0.3, 0.4) is 0 Å². The Hall–Kier alpha value is -2.99. The van der Waals surface area contributed by atoms with Crippen LogP contribution in [-0.4, -0.2) is 21.7 Å². The zero-order valence-corrected chi connectivity index (χ0v) is 17.3. The Bertz CT molecular complexity index is 926. The van der Waals surface area contributed by atoms with Crippen LogP contribution in [0.1, 0.15) is 46.4 Å². The second-order valence-electron chi connectivity index (χ2n) is 6.78. The van der Waals surface area contributed by atoms with Gasteiger partial charge in [0, 0.05) is 24.9 Å². The van der Waals surface area contributed by atoms with E-state index in [1.807, 2.05) is 72.5 Å². The van der Waals surface area contributed by atoms with Crippen molar-refractivity contribution in [1.29, 1.82) is 0 Å². The number of benzene rings is 2. The maximum atomic E-state index is 12.6. The maximum absolute atomic E-state index is 12.6. The summed E-state index contributed by atoms with van der Waals surface area (Å²) in [6, 6.07) is 19.7. The van der Waals surface area contributed by atoms with E-state index in [1.54, 1.807) is 5.38 Å². The maximum Gasteiger partial charge on any atom is 0.271 e. The van der Waals surface area contributed by atoms with E-state index in [1.165, 1.54) is 11.3 Å². The fourth-order valence-electron chi connectivity index (χ4n) is 2.93. The fourth-order valence-corrected chi connectivity index (χ4v) is 3.72. The van der Waals surface area contributed by atoms with Gasteiger partial charge >= 0.3 is 0 Å². The Balaban J connectivity index is 1.63. The molecular weight excluding hydrogens is 382 g/mol. The molecule has 0 aliphatic heterocycles. The third-order valence-electron chi connectivity index (χ3n) is 4.44. The Morgan fingerprint density at radius 3 is 2.28 bits per heavy atom. The summed E-state index contributed by atoms with van der Waals surface area (Å²) in [5, 5.41) is 5.40. The van der Waals surface area contributed by atoms with Crippen LogP contribution in [0, 0.1) is 0 Å². The largest absolute Gasteiger partial charge is 0.347 e. The van der Waals surface area contributed by atoms with Crippen molar-refractivity contribution in [2.45, 2.75) is 39.4 Å². The number of amides is 2. The van der Waals surface area contributed by atoms with Gasteiger partial charge in [0.1, 0.15) is 10.7 Å². The smallest absolute Gasteiger partial charge is 0.271 e. The van der Waals surface area contributed by atoms with Crippen molar-refractivity contribution >= 4 is 23.2 Å². The molecule has 0 fully saturated rings. The highest BCUT2D eigenvalue weighted by Gasteiger charge is 2.17. The number of thiazole rings is 1. The molecule has 0 atom stereocenters. The van der Waals surface area contributed by atoms with Crippen LogP contribution < -0.4 is 5.32 Å². The van der Waals surface area contributed by atoms with Crippen molar-refractivity contribution in [3.8, 4) is 0 Å². The van der Waals surface area contributed by atoms with E-state index < -0.39 is 0 Å². The number of nitrogens with one attached hydrogen (secondary N) is 1. The molecule has 0 radical (unpaired) electrons. The average Bonchev–Trinajstić information content (AvgIpc) is 3.22. The summed E-state index contributed by atoms with van der Waals surface area (Å²) in [7, 11) is 0. The summed E-state index contributed by atoms with van der Waals surface area (Å²) >= 11 is 1.41. The standard InChI is InChI=1S/C23H25N3O2S/c1-2-9-22(27)26(15-19-12-7-4-8-13-19)16-21-25-20(17-29-21)23(28)24-14-18-10-5-3-6-11-18/h3-8,10-13,17H,2,9,14-16H2,1H3,(H,24,28). The molecule has 6 heteroatoms. The second kappa shape index (κ2) is 10.5. The lowest BCUT2D eigenvalue weighted by molar-refractivity contribution is -0.132. The quantitative estimate of drug-likeness (QED) is 0.572. The molecule has 0 bridgehead atoms. The normalized spacial score (nSPS) is 10.5. The van der Waals surface area contributed by atoms with Gasteiger partial charge < -0.3 is 10.2 Å². The van der Waals surface area contributed by atoms with E-state index in [0.29, 0.717) is 31.7 Å². The average molecular weight is 408 g/mol. The summed E-state index contributed by atoms with van der Waals surface area (Å²) in [5.74, 6) is -0.104. The molecule has 3 aromatic rings. The van der Waals surface area contributed by atoms with Crippen LogP contribution in [0.4, 0.5) is 0 Å². The zero-order chi connectivity index (χ0) is 20.5. The van der Waals surface area contributed by atoms with Gasteiger partial charge in [-0.25, -0.2) is 4.98 Å². The molecule has 0 aliphatic rings. The SMILES string of the molecule is CCCC(=O)N(Cc1ccccc1)Cc1nc(C(=O)NCc2ccccc2)cs1. The van der Waals surface area contributed by atoms with Crippen LogP contribution in [0.5, 0.6) is 0 Å². The van der Waals surface area contributed by atoms with E-state index in [0.717, 1.165) is 22.6 Å².